The molecule has 3 heterocycles. The molecule has 1 unspecified atom stereocenters. The van der Waals surface area contributed by atoms with Crippen molar-refractivity contribution in [1.82, 2.24) is 20.0 Å². The van der Waals surface area contributed by atoms with E-state index < -0.39 is 0 Å². The number of imidazole rings is 1. The molecule has 100 valence electrons. The third-order valence-electron chi connectivity index (χ3n) is 3.72. The highest BCUT2D eigenvalue weighted by Gasteiger charge is 2.20. The summed E-state index contributed by atoms with van der Waals surface area (Å²) in [6.45, 7) is 1.05. The summed E-state index contributed by atoms with van der Waals surface area (Å²) >= 11 is 0. The number of carbonyl (C=O) groups excluding carboxylic acids is 1. The average Bonchev–Trinajstić information content (AvgIpc) is 2.95. The summed E-state index contributed by atoms with van der Waals surface area (Å²) in [4.78, 5) is 16.3. The number of hydrogen-bond acceptors (Lipinski definition) is 3. The molecule has 1 amide bonds. The van der Waals surface area contributed by atoms with Crippen LogP contribution in [0.15, 0.2) is 24.5 Å². The van der Waals surface area contributed by atoms with E-state index >= 15 is 0 Å². The molecule has 1 aliphatic heterocycles. The molecule has 1 saturated heterocycles. The van der Waals surface area contributed by atoms with E-state index in [1.165, 1.54) is 18.4 Å². The van der Waals surface area contributed by atoms with Crippen molar-refractivity contribution in [2.45, 2.75) is 25.3 Å². The van der Waals surface area contributed by atoms with Crippen molar-refractivity contribution >= 4 is 11.6 Å². The van der Waals surface area contributed by atoms with E-state index in [-0.39, 0.29) is 5.91 Å². The van der Waals surface area contributed by atoms with Gasteiger partial charge in [-0.2, -0.15) is 0 Å². The first-order valence-electron chi connectivity index (χ1n) is 6.72. The molecule has 1 atom stereocenters. The number of nitrogens with zero attached hydrogens (tertiary/aromatic N) is 2. The molecule has 0 spiro atoms. The summed E-state index contributed by atoms with van der Waals surface area (Å²) in [5.41, 5.74) is 2.67. The molecule has 3 rings (SSSR count). The Morgan fingerprint density at radius 1 is 1.47 bits per heavy atom. The Labute approximate surface area is 112 Å². The van der Waals surface area contributed by atoms with Crippen molar-refractivity contribution in [2.75, 3.05) is 13.6 Å². The van der Waals surface area contributed by atoms with Crippen molar-refractivity contribution < 1.29 is 4.79 Å². The molecule has 1 fully saturated rings. The number of piperidine rings is 1. The van der Waals surface area contributed by atoms with E-state index in [1.807, 2.05) is 22.7 Å². The fourth-order valence-corrected chi connectivity index (χ4v) is 2.74. The monoisotopic (exact) mass is 258 g/mol. The quantitative estimate of drug-likeness (QED) is 0.858. The summed E-state index contributed by atoms with van der Waals surface area (Å²) in [5, 5.41) is 6.19. The zero-order chi connectivity index (χ0) is 13.2. The molecule has 5 nitrogen and oxygen atoms in total. The fraction of sp³-hybridized carbons (Fsp3) is 0.429. The molecular weight excluding hydrogens is 240 g/mol. The number of carbonyl (C=O) groups is 1. The van der Waals surface area contributed by atoms with Crippen LogP contribution in [0.1, 0.15) is 41.4 Å². The smallest absolute Gasteiger partial charge is 0.268 e. The maximum Gasteiger partial charge on any atom is 0.268 e. The first-order chi connectivity index (χ1) is 9.31. The maximum atomic E-state index is 11.8. The van der Waals surface area contributed by atoms with Crippen LogP contribution in [-0.4, -0.2) is 28.9 Å². The highest BCUT2D eigenvalue weighted by Crippen LogP contribution is 2.26. The number of aromatic nitrogens is 2. The molecule has 0 saturated carbocycles. The standard InChI is InChI=1S/C14H18N4O/c1-15-14(19)12-6-5-10(11-4-2-3-7-16-11)13-17-8-9-18(12)13/h5-6,8-9,11,16H,2-4,7H2,1H3,(H,15,19). The van der Waals surface area contributed by atoms with E-state index in [9.17, 15) is 4.79 Å². The van der Waals surface area contributed by atoms with Crippen LogP contribution in [0.2, 0.25) is 0 Å². The SMILES string of the molecule is CNC(=O)c1ccc(C2CCCCN2)c2nccn12. The van der Waals surface area contributed by atoms with Crippen LogP contribution in [0, 0.1) is 0 Å². The van der Waals surface area contributed by atoms with Crippen LogP contribution in [0.4, 0.5) is 0 Å². The summed E-state index contributed by atoms with van der Waals surface area (Å²) in [7, 11) is 1.64. The Kier molecular flexibility index (Phi) is 3.21. The lowest BCUT2D eigenvalue weighted by Gasteiger charge is -2.24. The van der Waals surface area contributed by atoms with E-state index in [0.29, 0.717) is 11.7 Å². The van der Waals surface area contributed by atoms with Gasteiger partial charge in [0.25, 0.3) is 5.91 Å². The van der Waals surface area contributed by atoms with E-state index in [0.717, 1.165) is 18.6 Å². The molecule has 2 aromatic rings. The molecule has 0 bridgehead atoms. The van der Waals surface area contributed by atoms with Gasteiger partial charge in [0.15, 0.2) is 0 Å². The zero-order valence-electron chi connectivity index (χ0n) is 11.0. The first kappa shape index (κ1) is 12.2. The van der Waals surface area contributed by atoms with Gasteiger partial charge in [0.1, 0.15) is 11.3 Å². The van der Waals surface area contributed by atoms with Crippen LogP contribution in [0.5, 0.6) is 0 Å². The lowest BCUT2D eigenvalue weighted by molar-refractivity contribution is 0.0957. The third-order valence-corrected chi connectivity index (χ3v) is 3.72. The molecule has 2 aromatic heterocycles. The van der Waals surface area contributed by atoms with Crippen LogP contribution < -0.4 is 10.6 Å². The van der Waals surface area contributed by atoms with E-state index in [4.69, 9.17) is 0 Å². The predicted octanol–water partition coefficient (Wildman–Crippen LogP) is 1.51. The predicted molar refractivity (Wildman–Crippen MR) is 73.2 cm³/mol. The van der Waals surface area contributed by atoms with E-state index in [2.05, 4.69) is 15.6 Å². The normalized spacial score (nSPS) is 19.5. The fourth-order valence-electron chi connectivity index (χ4n) is 2.74. The number of pyridine rings is 1. The van der Waals surface area contributed by atoms with Crippen molar-refractivity contribution in [1.29, 1.82) is 0 Å². The zero-order valence-corrected chi connectivity index (χ0v) is 11.0. The van der Waals surface area contributed by atoms with Gasteiger partial charge in [-0.3, -0.25) is 9.20 Å². The van der Waals surface area contributed by atoms with Crippen LogP contribution in [0.3, 0.4) is 0 Å². The van der Waals surface area contributed by atoms with Gasteiger partial charge in [0, 0.05) is 31.0 Å². The first-order valence-corrected chi connectivity index (χ1v) is 6.72. The van der Waals surface area contributed by atoms with Gasteiger partial charge in [-0.1, -0.05) is 12.5 Å². The van der Waals surface area contributed by atoms with Gasteiger partial charge in [-0.15, -0.1) is 0 Å². The lowest BCUT2D eigenvalue weighted by atomic mass is 9.98. The Hall–Kier alpha value is -1.88. The summed E-state index contributed by atoms with van der Waals surface area (Å²) in [6, 6.07) is 4.24. The average molecular weight is 258 g/mol. The summed E-state index contributed by atoms with van der Waals surface area (Å²) < 4.78 is 1.87. The topological polar surface area (TPSA) is 58.4 Å². The minimum Gasteiger partial charge on any atom is -0.354 e. The van der Waals surface area contributed by atoms with Gasteiger partial charge >= 0.3 is 0 Å². The third kappa shape index (κ3) is 2.10. The molecule has 2 N–H and O–H groups in total. The summed E-state index contributed by atoms with van der Waals surface area (Å²) in [6.07, 6.45) is 7.18. The number of rotatable bonds is 2. The van der Waals surface area contributed by atoms with Crippen LogP contribution >= 0.6 is 0 Å². The molecule has 5 heteroatoms. The lowest BCUT2D eigenvalue weighted by Crippen LogP contribution is -2.28. The summed E-state index contributed by atoms with van der Waals surface area (Å²) in [5.74, 6) is -0.0915. The number of fused-ring (bicyclic) bond motifs is 1. The number of nitrogens with one attached hydrogen (secondary N) is 2. The molecule has 1 aliphatic rings. The highest BCUT2D eigenvalue weighted by molar-refractivity contribution is 5.93. The van der Waals surface area contributed by atoms with Gasteiger partial charge in [0.2, 0.25) is 0 Å². The van der Waals surface area contributed by atoms with E-state index in [1.54, 1.807) is 13.2 Å². The number of amides is 1. The Balaban J connectivity index is 2.07. The molecule has 19 heavy (non-hydrogen) atoms. The number of hydrogen-bond donors (Lipinski definition) is 2. The molecule has 0 aliphatic carbocycles. The van der Waals surface area contributed by atoms with Crippen molar-refractivity contribution in [3.8, 4) is 0 Å². The van der Waals surface area contributed by atoms with Crippen molar-refractivity contribution in [3.63, 3.8) is 0 Å². The molecular formula is C14H18N4O. The minimum absolute atomic E-state index is 0.0915. The van der Waals surface area contributed by atoms with Gasteiger partial charge in [0.05, 0.1) is 0 Å². The molecule has 0 radical (unpaired) electrons. The largest absolute Gasteiger partial charge is 0.354 e. The second-order valence-corrected chi connectivity index (χ2v) is 4.88. The van der Waals surface area contributed by atoms with Gasteiger partial charge in [-0.05, 0) is 25.5 Å². The van der Waals surface area contributed by atoms with Gasteiger partial charge < -0.3 is 10.6 Å². The van der Waals surface area contributed by atoms with Crippen molar-refractivity contribution in [2.24, 2.45) is 0 Å². The van der Waals surface area contributed by atoms with Crippen molar-refractivity contribution in [3.05, 3.63) is 35.8 Å². The second kappa shape index (κ2) is 5.01. The highest BCUT2D eigenvalue weighted by atomic mass is 16.1. The van der Waals surface area contributed by atoms with Gasteiger partial charge in [-0.25, -0.2) is 4.98 Å². The second-order valence-electron chi connectivity index (χ2n) is 4.88. The minimum atomic E-state index is -0.0915. The Morgan fingerprint density at radius 2 is 2.37 bits per heavy atom. The Bertz CT molecular complexity index is 599. The van der Waals surface area contributed by atoms with Crippen LogP contribution in [0.25, 0.3) is 5.65 Å². The maximum absolute atomic E-state index is 11.8. The Morgan fingerprint density at radius 3 is 3.11 bits per heavy atom. The molecule has 0 aromatic carbocycles. The van der Waals surface area contributed by atoms with Crippen LogP contribution in [-0.2, 0) is 0 Å².